The summed E-state index contributed by atoms with van der Waals surface area (Å²) in [6.45, 7) is 4.66. The van der Waals surface area contributed by atoms with E-state index in [9.17, 15) is 9.50 Å². The third-order valence-electron chi connectivity index (χ3n) is 5.64. The number of hydrogen-bond acceptors (Lipinski definition) is 3. The number of halogens is 1. The highest BCUT2D eigenvalue weighted by Crippen LogP contribution is 2.44. The van der Waals surface area contributed by atoms with Crippen molar-refractivity contribution in [2.24, 2.45) is 11.8 Å². The number of rotatable bonds is 4. The fourth-order valence-electron chi connectivity index (χ4n) is 4.40. The lowest BCUT2D eigenvalue weighted by molar-refractivity contribution is -0.0613. The first-order valence-corrected chi connectivity index (χ1v) is 8.33. The van der Waals surface area contributed by atoms with Gasteiger partial charge < -0.3 is 9.84 Å². The Kier molecular flexibility index (Phi) is 4.42. The van der Waals surface area contributed by atoms with Crippen LogP contribution in [-0.2, 0) is 6.54 Å². The lowest BCUT2D eigenvalue weighted by atomic mass is 9.69. The molecule has 1 aromatic carbocycles. The fourth-order valence-corrected chi connectivity index (χ4v) is 4.40. The first-order valence-electron chi connectivity index (χ1n) is 8.33. The zero-order valence-electron chi connectivity index (χ0n) is 13.5. The second-order valence-electron chi connectivity index (χ2n) is 6.87. The number of hydrogen-bond donors (Lipinski definition) is 1. The SMILES string of the molecule is CC[C@@]1(O)CCC[C@@H]2CN(Cc3cc(F)ccc3OC)C[C@@H]21. The van der Waals surface area contributed by atoms with Crippen LogP contribution >= 0.6 is 0 Å². The second kappa shape index (κ2) is 6.17. The minimum atomic E-state index is -0.510. The molecule has 0 unspecified atom stereocenters. The minimum Gasteiger partial charge on any atom is -0.496 e. The van der Waals surface area contributed by atoms with E-state index in [2.05, 4.69) is 11.8 Å². The number of ether oxygens (including phenoxy) is 1. The van der Waals surface area contributed by atoms with Crippen LogP contribution in [0.5, 0.6) is 5.75 Å². The van der Waals surface area contributed by atoms with Crippen molar-refractivity contribution in [2.45, 2.75) is 44.8 Å². The largest absolute Gasteiger partial charge is 0.496 e. The Morgan fingerprint density at radius 2 is 2.23 bits per heavy atom. The van der Waals surface area contributed by atoms with E-state index < -0.39 is 5.60 Å². The molecule has 1 heterocycles. The molecule has 1 N–H and O–H groups in total. The lowest BCUT2D eigenvalue weighted by Gasteiger charge is -2.40. The molecule has 0 bridgehead atoms. The summed E-state index contributed by atoms with van der Waals surface area (Å²) in [6.07, 6.45) is 4.06. The van der Waals surface area contributed by atoms with Gasteiger partial charge in [-0.2, -0.15) is 0 Å². The summed E-state index contributed by atoms with van der Waals surface area (Å²) < 4.78 is 18.9. The molecular weight excluding hydrogens is 281 g/mol. The van der Waals surface area contributed by atoms with Crippen LogP contribution in [-0.4, -0.2) is 35.8 Å². The molecule has 1 aliphatic carbocycles. The Morgan fingerprint density at radius 3 is 2.95 bits per heavy atom. The molecule has 3 rings (SSSR count). The first kappa shape index (κ1) is 15.8. The summed E-state index contributed by atoms with van der Waals surface area (Å²) in [5.41, 5.74) is 0.380. The van der Waals surface area contributed by atoms with Crippen molar-refractivity contribution >= 4 is 0 Å². The zero-order chi connectivity index (χ0) is 15.7. The van der Waals surface area contributed by atoms with Crippen LogP contribution in [0.1, 0.15) is 38.2 Å². The van der Waals surface area contributed by atoms with E-state index in [1.807, 2.05) is 0 Å². The van der Waals surface area contributed by atoms with Gasteiger partial charge >= 0.3 is 0 Å². The summed E-state index contributed by atoms with van der Waals surface area (Å²) in [6, 6.07) is 4.69. The van der Waals surface area contributed by atoms with Crippen molar-refractivity contribution < 1.29 is 14.2 Å². The lowest BCUT2D eigenvalue weighted by Crippen LogP contribution is -2.44. The molecule has 22 heavy (non-hydrogen) atoms. The Morgan fingerprint density at radius 1 is 1.41 bits per heavy atom. The highest BCUT2D eigenvalue weighted by molar-refractivity contribution is 5.34. The minimum absolute atomic E-state index is 0.225. The van der Waals surface area contributed by atoms with E-state index in [4.69, 9.17) is 4.74 Å². The third kappa shape index (κ3) is 2.86. The highest BCUT2D eigenvalue weighted by Gasteiger charge is 2.47. The predicted octanol–water partition coefficient (Wildman–Crippen LogP) is 3.21. The van der Waals surface area contributed by atoms with Gasteiger partial charge in [-0.25, -0.2) is 4.39 Å². The number of likely N-dealkylation sites (tertiary alicyclic amines) is 1. The van der Waals surface area contributed by atoms with Crippen LogP contribution in [0.4, 0.5) is 4.39 Å². The number of aliphatic hydroxyl groups is 1. The van der Waals surface area contributed by atoms with Crippen LogP contribution in [0.3, 0.4) is 0 Å². The standard InChI is InChI=1S/C18H26FNO2/c1-3-18(21)8-4-5-13-10-20(12-16(13)18)11-14-9-15(19)6-7-17(14)22-2/h6-7,9,13,16,21H,3-5,8,10-12H2,1-2H3/t13-,16+,18-/m1/s1. The van der Waals surface area contributed by atoms with E-state index >= 15 is 0 Å². The van der Waals surface area contributed by atoms with Crippen molar-refractivity contribution in [1.29, 1.82) is 0 Å². The first-order chi connectivity index (χ1) is 10.6. The molecule has 2 fully saturated rings. The summed E-state index contributed by atoms with van der Waals surface area (Å²) in [5, 5.41) is 10.9. The molecular formula is C18H26FNO2. The molecule has 0 aromatic heterocycles. The molecule has 1 aliphatic heterocycles. The fraction of sp³-hybridized carbons (Fsp3) is 0.667. The summed E-state index contributed by atoms with van der Waals surface area (Å²) in [4.78, 5) is 2.35. The molecule has 122 valence electrons. The smallest absolute Gasteiger partial charge is 0.123 e. The summed E-state index contributed by atoms with van der Waals surface area (Å²) in [5.74, 6) is 1.43. The molecule has 0 spiro atoms. The van der Waals surface area contributed by atoms with Gasteiger partial charge in [-0.15, -0.1) is 0 Å². The Balaban J connectivity index is 1.74. The van der Waals surface area contributed by atoms with Gasteiger partial charge in [0.1, 0.15) is 11.6 Å². The van der Waals surface area contributed by atoms with Crippen LogP contribution in [0, 0.1) is 17.7 Å². The second-order valence-corrected chi connectivity index (χ2v) is 6.87. The number of nitrogens with zero attached hydrogens (tertiary/aromatic N) is 1. The van der Waals surface area contributed by atoms with E-state index in [1.54, 1.807) is 19.2 Å². The predicted molar refractivity (Wildman–Crippen MR) is 84.3 cm³/mol. The van der Waals surface area contributed by atoms with E-state index in [0.717, 1.165) is 43.7 Å². The van der Waals surface area contributed by atoms with E-state index in [0.29, 0.717) is 18.4 Å². The average Bonchev–Trinajstić information content (AvgIpc) is 2.92. The molecule has 0 amide bonds. The van der Waals surface area contributed by atoms with Crippen LogP contribution in [0.25, 0.3) is 0 Å². The molecule has 3 atom stereocenters. The molecule has 1 saturated heterocycles. The van der Waals surface area contributed by atoms with E-state index in [1.165, 1.54) is 12.5 Å². The normalized spacial score (nSPS) is 32.0. The van der Waals surface area contributed by atoms with Gasteiger partial charge in [0.25, 0.3) is 0 Å². The van der Waals surface area contributed by atoms with Gasteiger partial charge in [0.2, 0.25) is 0 Å². The van der Waals surface area contributed by atoms with Crippen molar-refractivity contribution in [3.05, 3.63) is 29.6 Å². The van der Waals surface area contributed by atoms with Crippen molar-refractivity contribution in [3.8, 4) is 5.75 Å². The van der Waals surface area contributed by atoms with Crippen molar-refractivity contribution in [3.63, 3.8) is 0 Å². The molecule has 2 aliphatic rings. The average molecular weight is 307 g/mol. The Labute approximate surface area is 132 Å². The number of fused-ring (bicyclic) bond motifs is 1. The Bertz CT molecular complexity index is 536. The summed E-state index contributed by atoms with van der Waals surface area (Å²) in [7, 11) is 1.62. The third-order valence-corrected chi connectivity index (χ3v) is 5.64. The van der Waals surface area contributed by atoms with Crippen LogP contribution in [0.2, 0.25) is 0 Å². The van der Waals surface area contributed by atoms with Crippen molar-refractivity contribution in [2.75, 3.05) is 20.2 Å². The van der Waals surface area contributed by atoms with Gasteiger partial charge in [0.05, 0.1) is 12.7 Å². The zero-order valence-corrected chi connectivity index (χ0v) is 13.5. The monoisotopic (exact) mass is 307 g/mol. The molecule has 1 aromatic rings. The maximum absolute atomic E-state index is 13.5. The van der Waals surface area contributed by atoms with Crippen LogP contribution in [0.15, 0.2) is 18.2 Å². The van der Waals surface area contributed by atoms with Crippen molar-refractivity contribution in [1.82, 2.24) is 4.90 Å². The van der Waals surface area contributed by atoms with E-state index in [-0.39, 0.29) is 5.82 Å². The number of methoxy groups -OCH3 is 1. The van der Waals surface area contributed by atoms with Gasteiger partial charge in [0, 0.05) is 31.1 Å². The molecule has 1 saturated carbocycles. The quantitative estimate of drug-likeness (QED) is 0.927. The topological polar surface area (TPSA) is 32.7 Å². The van der Waals surface area contributed by atoms with Gasteiger partial charge in [-0.1, -0.05) is 13.3 Å². The molecule has 4 heteroatoms. The van der Waals surface area contributed by atoms with Crippen LogP contribution < -0.4 is 4.74 Å². The summed E-state index contributed by atoms with van der Waals surface area (Å²) >= 11 is 0. The molecule has 3 nitrogen and oxygen atoms in total. The van der Waals surface area contributed by atoms with Gasteiger partial charge in [0.15, 0.2) is 0 Å². The number of benzene rings is 1. The Hall–Kier alpha value is -1.13. The maximum Gasteiger partial charge on any atom is 0.123 e. The highest BCUT2D eigenvalue weighted by atomic mass is 19.1. The van der Waals surface area contributed by atoms with Gasteiger partial charge in [-0.05, 0) is 43.4 Å². The maximum atomic E-state index is 13.5. The molecule has 0 radical (unpaired) electrons. The van der Waals surface area contributed by atoms with Gasteiger partial charge in [-0.3, -0.25) is 4.90 Å².